The Balaban J connectivity index is 1.56. The highest BCUT2D eigenvalue weighted by atomic mass is 16.7. The fraction of sp³-hybridized carbons (Fsp3) is 0.438. The zero-order valence-electron chi connectivity index (χ0n) is 22.5. The summed E-state index contributed by atoms with van der Waals surface area (Å²) in [6.07, 6.45) is 6.93. The molecule has 2 aliphatic heterocycles. The van der Waals surface area contributed by atoms with Crippen LogP contribution in [0.3, 0.4) is 0 Å². The molecule has 2 aromatic rings. The average molecular weight is 500 g/mol. The largest absolute Gasteiger partial charge is 0.454 e. The molecule has 2 aromatic carbocycles. The maximum absolute atomic E-state index is 13.8. The minimum Gasteiger partial charge on any atom is -0.454 e. The number of Topliss-reactive ketones (excluding diaryl/α,β-unsaturated/α-hetero) is 2. The third-order valence-electron chi connectivity index (χ3n) is 7.90. The maximum Gasteiger partial charge on any atom is 0.231 e. The quantitative estimate of drug-likeness (QED) is 0.343. The molecule has 5 rings (SSSR count). The normalized spacial score (nSPS) is 20.0. The first-order valence-corrected chi connectivity index (χ1v) is 13.6. The summed E-state index contributed by atoms with van der Waals surface area (Å²) >= 11 is 0. The van der Waals surface area contributed by atoms with Crippen molar-refractivity contribution in [2.75, 3.05) is 19.9 Å². The van der Waals surface area contributed by atoms with Gasteiger partial charge in [-0.2, -0.15) is 0 Å². The van der Waals surface area contributed by atoms with Crippen LogP contribution in [0, 0.1) is 20.8 Å². The number of aryl methyl sites for hydroxylation is 3. The highest BCUT2D eigenvalue weighted by molar-refractivity contribution is 6.23. The van der Waals surface area contributed by atoms with Crippen molar-refractivity contribution in [2.45, 2.75) is 72.1 Å². The molecule has 0 atom stereocenters. The van der Waals surface area contributed by atoms with Gasteiger partial charge in [0.05, 0.1) is 11.3 Å². The molecule has 0 bridgehead atoms. The number of carbonyl (C=O) groups excluding carboxylic acids is 2. The topological polar surface area (TPSA) is 55.8 Å². The van der Waals surface area contributed by atoms with Gasteiger partial charge in [0, 0.05) is 25.9 Å². The standard InChI is InChI=1S/C32H37NO4/c1-5-24(15-23-9-10-28-29(16-23)37-19-36-28)32(33-11-7-6-8-12-33)31-26(34)17-25(18-27(31)35)30-21(3)13-20(2)14-22(30)4/h9-10,13-16,25H,5-8,11-12,17-19H2,1-4H3/b24-15-,32-31?. The number of fused-ring (bicyclic) bond motifs is 1. The number of hydrogen-bond donors (Lipinski definition) is 0. The summed E-state index contributed by atoms with van der Waals surface area (Å²) in [5.41, 5.74) is 7.99. The minimum absolute atomic E-state index is 0.0220. The Labute approximate surface area is 220 Å². The lowest BCUT2D eigenvalue weighted by Gasteiger charge is -2.35. The summed E-state index contributed by atoms with van der Waals surface area (Å²) in [6.45, 7) is 10.4. The number of allylic oxidation sites excluding steroid dienone is 2. The van der Waals surface area contributed by atoms with Crippen molar-refractivity contribution in [1.29, 1.82) is 0 Å². The van der Waals surface area contributed by atoms with Crippen LogP contribution in [0.25, 0.3) is 6.08 Å². The predicted molar refractivity (Wildman–Crippen MR) is 146 cm³/mol. The summed E-state index contributed by atoms with van der Waals surface area (Å²) in [6, 6.07) is 10.2. The molecule has 2 heterocycles. The van der Waals surface area contributed by atoms with Gasteiger partial charge in [-0.3, -0.25) is 9.59 Å². The Morgan fingerprint density at radius 3 is 2.22 bits per heavy atom. The molecule has 0 N–H and O–H groups in total. The van der Waals surface area contributed by atoms with Gasteiger partial charge in [-0.1, -0.05) is 30.7 Å². The molecule has 194 valence electrons. The van der Waals surface area contributed by atoms with Gasteiger partial charge in [-0.15, -0.1) is 0 Å². The van der Waals surface area contributed by atoms with Crippen LogP contribution in [-0.2, 0) is 9.59 Å². The lowest BCUT2D eigenvalue weighted by molar-refractivity contribution is -0.124. The van der Waals surface area contributed by atoms with E-state index in [0.717, 1.165) is 66.2 Å². The molecule has 3 aliphatic rings. The molecule has 0 amide bonds. The summed E-state index contributed by atoms with van der Waals surface area (Å²) in [4.78, 5) is 29.9. The zero-order valence-corrected chi connectivity index (χ0v) is 22.5. The zero-order chi connectivity index (χ0) is 26.1. The van der Waals surface area contributed by atoms with Crippen LogP contribution in [0.1, 0.15) is 79.2 Å². The fourth-order valence-electron chi connectivity index (χ4n) is 6.36. The number of ether oxygens (including phenoxy) is 2. The molecule has 1 saturated carbocycles. The van der Waals surface area contributed by atoms with Crippen molar-refractivity contribution in [1.82, 2.24) is 4.90 Å². The Bertz CT molecular complexity index is 1250. The number of rotatable bonds is 5. The Hall–Kier alpha value is -3.34. The van der Waals surface area contributed by atoms with E-state index in [2.05, 4.69) is 50.8 Å². The molecule has 5 heteroatoms. The lowest BCUT2D eigenvalue weighted by atomic mass is 9.75. The van der Waals surface area contributed by atoms with Gasteiger partial charge in [0.25, 0.3) is 0 Å². The number of benzene rings is 2. The molecule has 0 radical (unpaired) electrons. The fourth-order valence-corrected chi connectivity index (χ4v) is 6.36. The van der Waals surface area contributed by atoms with Gasteiger partial charge >= 0.3 is 0 Å². The van der Waals surface area contributed by atoms with Gasteiger partial charge in [-0.25, -0.2) is 0 Å². The molecular weight excluding hydrogens is 462 g/mol. The second kappa shape index (κ2) is 10.6. The number of carbonyl (C=O) groups is 2. The van der Waals surface area contributed by atoms with Crippen molar-refractivity contribution < 1.29 is 19.1 Å². The van der Waals surface area contributed by atoms with Crippen LogP contribution in [0.4, 0.5) is 0 Å². The van der Waals surface area contributed by atoms with Crippen LogP contribution < -0.4 is 9.47 Å². The van der Waals surface area contributed by atoms with Crippen molar-refractivity contribution in [3.8, 4) is 11.5 Å². The predicted octanol–water partition coefficient (Wildman–Crippen LogP) is 6.59. The van der Waals surface area contributed by atoms with Crippen LogP contribution in [0.2, 0.25) is 0 Å². The second-order valence-corrected chi connectivity index (χ2v) is 10.7. The van der Waals surface area contributed by atoms with Gasteiger partial charge in [-0.05, 0) is 98.4 Å². The second-order valence-electron chi connectivity index (χ2n) is 10.7. The van der Waals surface area contributed by atoms with Crippen LogP contribution in [-0.4, -0.2) is 36.3 Å². The molecular formula is C32H37NO4. The van der Waals surface area contributed by atoms with Crippen LogP contribution in [0.15, 0.2) is 47.2 Å². The van der Waals surface area contributed by atoms with E-state index in [9.17, 15) is 9.59 Å². The van der Waals surface area contributed by atoms with Crippen molar-refractivity contribution in [3.05, 3.63) is 75.0 Å². The first kappa shape index (κ1) is 25.3. The van der Waals surface area contributed by atoms with E-state index in [0.29, 0.717) is 18.4 Å². The van der Waals surface area contributed by atoms with E-state index in [1.165, 1.54) is 23.1 Å². The van der Waals surface area contributed by atoms with E-state index < -0.39 is 0 Å². The molecule has 2 fully saturated rings. The third kappa shape index (κ3) is 5.09. The monoisotopic (exact) mass is 499 g/mol. The Kier molecular flexibility index (Phi) is 7.23. The van der Waals surface area contributed by atoms with Gasteiger partial charge in [0.1, 0.15) is 0 Å². The molecule has 5 nitrogen and oxygen atoms in total. The minimum atomic E-state index is -0.0603. The first-order chi connectivity index (χ1) is 17.9. The number of hydrogen-bond acceptors (Lipinski definition) is 5. The first-order valence-electron chi connectivity index (χ1n) is 13.6. The van der Waals surface area contributed by atoms with Crippen molar-refractivity contribution in [2.24, 2.45) is 0 Å². The summed E-state index contributed by atoms with van der Waals surface area (Å²) in [5.74, 6) is 1.37. The van der Waals surface area contributed by atoms with Gasteiger partial charge in [0.15, 0.2) is 23.1 Å². The number of likely N-dealkylation sites (tertiary alicyclic amines) is 1. The molecule has 1 saturated heterocycles. The number of nitrogens with zero attached hydrogens (tertiary/aromatic N) is 1. The summed E-state index contributed by atoms with van der Waals surface area (Å²) in [7, 11) is 0. The smallest absolute Gasteiger partial charge is 0.231 e. The molecule has 0 unspecified atom stereocenters. The number of piperidine rings is 1. The number of ketones is 2. The lowest BCUT2D eigenvalue weighted by Crippen LogP contribution is -2.35. The van der Waals surface area contributed by atoms with E-state index in [1.54, 1.807) is 0 Å². The third-order valence-corrected chi connectivity index (χ3v) is 7.90. The van der Waals surface area contributed by atoms with E-state index >= 15 is 0 Å². The molecule has 37 heavy (non-hydrogen) atoms. The Morgan fingerprint density at radius 1 is 0.919 bits per heavy atom. The molecule has 0 spiro atoms. The van der Waals surface area contributed by atoms with E-state index in [4.69, 9.17) is 9.47 Å². The highest BCUT2D eigenvalue weighted by Crippen LogP contribution is 2.40. The van der Waals surface area contributed by atoms with Crippen molar-refractivity contribution in [3.63, 3.8) is 0 Å². The van der Waals surface area contributed by atoms with Crippen LogP contribution >= 0.6 is 0 Å². The maximum atomic E-state index is 13.8. The van der Waals surface area contributed by atoms with Gasteiger partial charge in [0.2, 0.25) is 6.79 Å². The Morgan fingerprint density at radius 2 is 1.57 bits per heavy atom. The van der Waals surface area contributed by atoms with E-state index in [1.807, 2.05) is 18.2 Å². The summed E-state index contributed by atoms with van der Waals surface area (Å²) in [5, 5.41) is 0. The van der Waals surface area contributed by atoms with Crippen LogP contribution in [0.5, 0.6) is 11.5 Å². The average Bonchev–Trinajstić information content (AvgIpc) is 3.33. The summed E-state index contributed by atoms with van der Waals surface area (Å²) < 4.78 is 11.1. The van der Waals surface area contributed by atoms with Crippen molar-refractivity contribution >= 4 is 17.6 Å². The molecule has 1 aliphatic carbocycles. The highest BCUT2D eigenvalue weighted by Gasteiger charge is 2.37. The molecule has 0 aromatic heterocycles. The van der Waals surface area contributed by atoms with E-state index in [-0.39, 0.29) is 24.3 Å². The van der Waals surface area contributed by atoms with Gasteiger partial charge < -0.3 is 14.4 Å². The SMILES string of the molecule is CC/C(=C/c1ccc2c(c1)OCO2)C(=C1C(=O)CC(c2c(C)cc(C)cc2C)CC1=O)N1CCCCC1.